The summed E-state index contributed by atoms with van der Waals surface area (Å²) in [7, 11) is 3.48. The fourth-order valence-corrected chi connectivity index (χ4v) is 1.19. The first-order valence-electron chi connectivity index (χ1n) is 3.52. The number of methoxy groups -OCH3 is 1. The van der Waals surface area contributed by atoms with E-state index in [2.05, 4.69) is 10.1 Å². The highest BCUT2D eigenvalue weighted by molar-refractivity contribution is 7.98. The van der Waals surface area contributed by atoms with Crippen LogP contribution in [-0.4, -0.2) is 23.4 Å². The van der Waals surface area contributed by atoms with E-state index >= 15 is 0 Å². The van der Waals surface area contributed by atoms with Gasteiger partial charge in [-0.25, -0.2) is 0 Å². The molecule has 1 aromatic rings. The summed E-state index contributed by atoms with van der Waals surface area (Å²) < 4.78 is 6.84. The number of thioether (sulfide) groups is 1. The van der Waals surface area contributed by atoms with Crippen molar-refractivity contribution in [3.05, 3.63) is 5.69 Å². The smallest absolute Gasteiger partial charge is 0.287 e. The van der Waals surface area contributed by atoms with Crippen molar-refractivity contribution in [3.63, 3.8) is 0 Å². The van der Waals surface area contributed by atoms with Crippen LogP contribution in [0.3, 0.4) is 0 Å². The third-order valence-electron chi connectivity index (χ3n) is 1.60. The van der Waals surface area contributed by atoms with Gasteiger partial charge in [0.25, 0.3) is 16.7 Å². The maximum atomic E-state index is 5.08. The minimum atomic E-state index is 0. The van der Waals surface area contributed by atoms with Crippen molar-refractivity contribution in [3.8, 4) is 5.88 Å². The lowest BCUT2D eigenvalue weighted by atomic mass is 10.5. The zero-order chi connectivity index (χ0) is 9.14. The Morgan fingerprint density at radius 1 is 1.46 bits per heavy atom. The van der Waals surface area contributed by atoms with Crippen LogP contribution in [0, 0.1) is 6.92 Å². The largest absolute Gasteiger partial charge is 1.00 e. The molecule has 0 radical (unpaired) electrons. The first kappa shape index (κ1) is 12.9. The van der Waals surface area contributed by atoms with E-state index in [1.54, 1.807) is 11.8 Å². The molecule has 0 unspecified atom stereocenters. The average Bonchev–Trinajstić information content (AvgIpc) is 2.09. The number of ether oxygens (including phenoxy) is 1. The molecule has 13 heavy (non-hydrogen) atoms. The molecule has 0 aliphatic rings. The summed E-state index contributed by atoms with van der Waals surface area (Å²) in [5.74, 6) is 0.636. The van der Waals surface area contributed by atoms with Gasteiger partial charge in [0, 0.05) is 12.0 Å². The van der Waals surface area contributed by atoms with Crippen LogP contribution in [0.2, 0.25) is 0 Å². The summed E-state index contributed by atoms with van der Waals surface area (Å²) in [5.41, 5.74) is 0.926. The summed E-state index contributed by atoms with van der Waals surface area (Å²) in [6, 6.07) is 0. The first-order chi connectivity index (χ1) is 5.69. The van der Waals surface area contributed by atoms with Crippen molar-refractivity contribution >= 4 is 11.8 Å². The number of nitrogens with zero attached hydrogens (tertiary/aromatic N) is 3. The number of aryl methyl sites for hydroxylation is 1. The van der Waals surface area contributed by atoms with Crippen molar-refractivity contribution in [2.45, 2.75) is 12.1 Å². The molecule has 1 heterocycles. The molecule has 74 valence electrons. The zero-order valence-corrected chi connectivity index (χ0v) is 11.0. The first-order valence-corrected chi connectivity index (χ1v) is 4.74. The van der Waals surface area contributed by atoms with Crippen LogP contribution >= 0.6 is 11.8 Å². The van der Waals surface area contributed by atoms with Crippen molar-refractivity contribution < 1.29 is 33.4 Å². The van der Waals surface area contributed by atoms with Crippen LogP contribution in [-0.2, 0) is 7.05 Å². The van der Waals surface area contributed by atoms with E-state index in [9.17, 15) is 0 Å². The highest BCUT2D eigenvalue weighted by atomic mass is 127. The van der Waals surface area contributed by atoms with E-state index in [0.29, 0.717) is 5.88 Å². The molecule has 0 amide bonds. The fraction of sp³-hybridized carbons (Fsp3) is 0.571. The molecule has 0 fully saturated rings. The normalized spacial score (nSPS) is 9.23. The molecular formula is C7H12IN3OS. The molecular weight excluding hydrogens is 301 g/mol. The topological polar surface area (TPSA) is 38.9 Å². The third kappa shape index (κ3) is 2.94. The highest BCUT2D eigenvalue weighted by Crippen LogP contribution is 2.13. The molecule has 4 nitrogen and oxygen atoms in total. The van der Waals surface area contributed by atoms with Crippen LogP contribution in [0.15, 0.2) is 5.16 Å². The van der Waals surface area contributed by atoms with E-state index in [1.807, 2.05) is 20.2 Å². The standard InChI is InChI=1S/C7H12N3OS.HI/c1-5-6(11-3)8-7(12-4)9-10(5)2;/h1-4H3;1H/q+1;/p-1. The molecule has 0 aliphatic heterocycles. The Hall–Kier alpha value is -0.110. The molecule has 0 atom stereocenters. The molecule has 1 aromatic heterocycles. The summed E-state index contributed by atoms with van der Waals surface area (Å²) in [6.07, 6.45) is 1.93. The van der Waals surface area contributed by atoms with Gasteiger partial charge in [0.2, 0.25) is 0 Å². The Morgan fingerprint density at radius 2 is 2.08 bits per heavy atom. The van der Waals surface area contributed by atoms with Crippen molar-refractivity contribution in [2.75, 3.05) is 13.4 Å². The van der Waals surface area contributed by atoms with Gasteiger partial charge < -0.3 is 28.7 Å². The summed E-state index contributed by atoms with van der Waals surface area (Å²) in [4.78, 5) is 4.18. The molecule has 0 saturated heterocycles. The Balaban J connectivity index is 0.00000144. The van der Waals surface area contributed by atoms with Gasteiger partial charge in [0.15, 0.2) is 7.05 Å². The van der Waals surface area contributed by atoms with E-state index in [1.165, 1.54) is 11.8 Å². The molecule has 0 bridgehead atoms. The van der Waals surface area contributed by atoms with Gasteiger partial charge in [0.05, 0.1) is 7.11 Å². The molecule has 0 saturated carbocycles. The van der Waals surface area contributed by atoms with Gasteiger partial charge in [-0.15, -0.1) is 0 Å². The Labute approximate surface area is 99.1 Å². The maximum Gasteiger partial charge on any atom is 0.287 e. The van der Waals surface area contributed by atoms with Gasteiger partial charge in [-0.1, -0.05) is 16.4 Å². The molecule has 0 N–H and O–H groups in total. The van der Waals surface area contributed by atoms with Gasteiger partial charge in [-0.05, 0) is 6.26 Å². The summed E-state index contributed by atoms with van der Waals surface area (Å²) in [6.45, 7) is 1.92. The molecule has 0 aromatic carbocycles. The summed E-state index contributed by atoms with van der Waals surface area (Å²) >= 11 is 1.50. The van der Waals surface area contributed by atoms with Crippen LogP contribution in [0.5, 0.6) is 5.88 Å². The van der Waals surface area contributed by atoms with Crippen molar-refractivity contribution in [1.29, 1.82) is 0 Å². The molecule has 1 rings (SSSR count). The lowest BCUT2D eigenvalue weighted by Gasteiger charge is -2.00. The quantitative estimate of drug-likeness (QED) is 0.340. The number of rotatable bonds is 2. The second-order valence-electron chi connectivity index (χ2n) is 2.32. The highest BCUT2D eigenvalue weighted by Gasteiger charge is 2.14. The molecule has 0 spiro atoms. The van der Waals surface area contributed by atoms with Gasteiger partial charge in [0.1, 0.15) is 0 Å². The Morgan fingerprint density at radius 3 is 2.54 bits per heavy atom. The number of halogens is 1. The second-order valence-corrected chi connectivity index (χ2v) is 3.09. The van der Waals surface area contributed by atoms with Gasteiger partial charge >= 0.3 is 0 Å². The second kappa shape index (κ2) is 5.58. The van der Waals surface area contributed by atoms with E-state index in [-0.39, 0.29) is 24.0 Å². The Bertz CT molecular complexity index is 295. The average molecular weight is 313 g/mol. The predicted octanol–water partition coefficient (Wildman–Crippen LogP) is -2.66. The molecule has 6 heteroatoms. The van der Waals surface area contributed by atoms with Crippen LogP contribution in [0.1, 0.15) is 5.69 Å². The van der Waals surface area contributed by atoms with E-state index < -0.39 is 0 Å². The molecule has 0 aliphatic carbocycles. The van der Waals surface area contributed by atoms with Gasteiger partial charge in [-0.3, -0.25) is 0 Å². The lowest BCUT2D eigenvalue weighted by molar-refractivity contribution is -0.740. The maximum absolute atomic E-state index is 5.08. The third-order valence-corrected chi connectivity index (χ3v) is 2.14. The summed E-state index contributed by atoms with van der Waals surface area (Å²) in [5, 5.41) is 4.91. The van der Waals surface area contributed by atoms with Crippen molar-refractivity contribution in [1.82, 2.24) is 10.1 Å². The fourth-order valence-electron chi connectivity index (χ4n) is 0.812. The van der Waals surface area contributed by atoms with Crippen LogP contribution < -0.4 is 33.4 Å². The van der Waals surface area contributed by atoms with E-state index in [0.717, 1.165) is 10.9 Å². The van der Waals surface area contributed by atoms with Crippen molar-refractivity contribution in [2.24, 2.45) is 7.05 Å². The number of hydrogen-bond acceptors (Lipinski definition) is 4. The minimum absolute atomic E-state index is 0. The zero-order valence-electron chi connectivity index (χ0n) is 8.04. The minimum Gasteiger partial charge on any atom is -1.00 e. The Kier molecular flexibility index (Phi) is 5.54. The predicted molar refractivity (Wildman–Crippen MR) is 46.3 cm³/mol. The van der Waals surface area contributed by atoms with Crippen LogP contribution in [0.25, 0.3) is 0 Å². The van der Waals surface area contributed by atoms with E-state index in [4.69, 9.17) is 4.74 Å². The lowest BCUT2D eigenvalue weighted by Crippen LogP contribution is -3.00. The SMILES string of the molecule is COc1nc(SC)n[n+](C)c1C.[I-]. The van der Waals surface area contributed by atoms with Crippen LogP contribution in [0.4, 0.5) is 0 Å². The number of aromatic nitrogens is 3. The van der Waals surface area contributed by atoms with Gasteiger partial charge in [-0.2, -0.15) is 4.98 Å². The monoisotopic (exact) mass is 313 g/mol. The number of hydrogen-bond donors (Lipinski definition) is 0.